The molecule has 2 aromatic heterocycles. The van der Waals surface area contributed by atoms with Crippen LogP contribution in [0.3, 0.4) is 0 Å². The van der Waals surface area contributed by atoms with Crippen LogP contribution in [-0.2, 0) is 57.9 Å². The lowest BCUT2D eigenvalue weighted by molar-refractivity contribution is -0.0436. The second-order valence-electron chi connectivity index (χ2n) is 33.5. The number of carboxylic acids is 2. The number of sulfonamides is 2. The number of phosphoric ester groups is 2. The van der Waals surface area contributed by atoms with Crippen LogP contribution in [0, 0.1) is 13.8 Å². The van der Waals surface area contributed by atoms with Gasteiger partial charge in [0.1, 0.15) is 4.90 Å². The predicted molar refractivity (Wildman–Crippen MR) is 542 cm³/mol. The Morgan fingerprint density at radius 1 is 0.439 bits per heavy atom. The number of carbonyl (C=O) groups is 2. The Labute approximate surface area is 823 Å². The maximum atomic E-state index is 14.1. The topological polar surface area (TPSA) is 416 Å². The van der Waals surface area contributed by atoms with Crippen molar-refractivity contribution in [3.05, 3.63) is 275 Å². The Morgan fingerprint density at radius 2 is 0.777 bits per heavy atom. The van der Waals surface area contributed by atoms with Crippen molar-refractivity contribution in [2.45, 2.75) is 113 Å². The van der Waals surface area contributed by atoms with Gasteiger partial charge in [0.05, 0.1) is 61.8 Å². The van der Waals surface area contributed by atoms with Crippen molar-refractivity contribution >= 4 is 160 Å². The minimum atomic E-state index is -6.15. The van der Waals surface area contributed by atoms with Crippen LogP contribution < -0.4 is 39.7 Å². The smallest absolute Gasteiger partial charge is 0.478 e. The number of nitrogens with one attached hydrogen (secondary N) is 4. The van der Waals surface area contributed by atoms with Gasteiger partial charge in [0.2, 0.25) is 0 Å². The molecule has 139 heavy (non-hydrogen) atoms. The van der Waals surface area contributed by atoms with Gasteiger partial charge in [0.25, 0.3) is 29.9 Å². The number of hydrogen-bond donors (Lipinski definition) is 10. The molecule has 12 aromatic rings. The minimum absolute atomic E-state index is 0.00932. The molecule has 0 bridgehead atoms. The van der Waals surface area contributed by atoms with Crippen molar-refractivity contribution in [2.75, 3.05) is 123 Å². The molecule has 0 spiro atoms. The summed E-state index contributed by atoms with van der Waals surface area (Å²) in [6, 6.07) is 66.4. The molecule has 2 atom stereocenters. The van der Waals surface area contributed by atoms with Crippen LogP contribution in [-0.4, -0.2) is 185 Å². The van der Waals surface area contributed by atoms with Crippen LogP contribution in [0.15, 0.2) is 272 Å². The molecule has 0 radical (unpaired) electrons. The molecule has 14 rings (SSSR count). The molecule has 4 heterocycles. The fraction of sp³-hybridized carbons (Fsp3) is 0.271. The molecule has 2 aliphatic heterocycles. The van der Waals surface area contributed by atoms with Gasteiger partial charge >= 0.3 is 33.1 Å². The lowest BCUT2D eigenvalue weighted by Crippen LogP contribution is -2.46. The molecular formula is C96H103Cl2F3N10O20P2S6. The van der Waals surface area contributed by atoms with E-state index in [0.29, 0.717) is 96.7 Å². The Hall–Kier alpha value is -10.8. The van der Waals surface area contributed by atoms with E-state index in [4.69, 9.17) is 23.2 Å². The lowest BCUT2D eigenvalue weighted by Gasteiger charge is -2.37. The van der Waals surface area contributed by atoms with E-state index in [1.54, 1.807) is 78.9 Å². The van der Waals surface area contributed by atoms with E-state index in [-0.39, 0.29) is 75.3 Å². The number of piperazine rings is 2. The highest BCUT2D eigenvalue weighted by atomic mass is 35.5. The first-order valence-corrected chi connectivity index (χ1v) is 55.8. The molecule has 0 aliphatic carbocycles. The number of aromatic carboxylic acids is 2. The third-order valence-corrected chi connectivity index (χ3v) is 32.5. The van der Waals surface area contributed by atoms with E-state index in [0.717, 1.165) is 90.6 Å². The highest BCUT2D eigenvalue weighted by Crippen LogP contribution is 2.47. The normalized spacial score (nSPS) is 14.1. The van der Waals surface area contributed by atoms with Gasteiger partial charge in [-0.05, 0) is 234 Å². The summed E-state index contributed by atoms with van der Waals surface area (Å²) in [5.74, 6) is -1.58. The molecule has 2 aliphatic rings. The second-order valence-corrected chi connectivity index (χ2v) is 46.3. The van der Waals surface area contributed by atoms with Gasteiger partial charge in [-0.15, -0.1) is 23.5 Å². The molecule has 0 amide bonds. The van der Waals surface area contributed by atoms with Gasteiger partial charge in [0.15, 0.2) is 9.84 Å². The molecule has 30 nitrogen and oxygen atoms in total. The molecule has 0 unspecified atom stereocenters. The molecular weight excluding hydrogens is 2000 g/mol. The monoisotopic (exact) mass is 2100 g/mol. The molecule has 0 saturated carbocycles. The van der Waals surface area contributed by atoms with Gasteiger partial charge in [-0.2, -0.15) is 13.2 Å². The Kier molecular flexibility index (Phi) is 33.8. The van der Waals surface area contributed by atoms with Crippen molar-refractivity contribution in [3.63, 3.8) is 0 Å². The number of benzene rings is 10. The first-order valence-electron chi connectivity index (χ1n) is 43.6. The molecule has 2 saturated heterocycles. The Bertz CT molecular complexity index is 7020. The number of sulfone groups is 2. The number of phosphoric acid groups is 2. The van der Waals surface area contributed by atoms with E-state index >= 15 is 0 Å². The number of halogens is 5. The average Bonchev–Trinajstić information content (AvgIpc) is 1.71. The summed E-state index contributed by atoms with van der Waals surface area (Å²) in [6.45, 7) is 15.8. The summed E-state index contributed by atoms with van der Waals surface area (Å²) < 4.78 is 190. The zero-order valence-corrected chi connectivity index (χ0v) is 84.3. The van der Waals surface area contributed by atoms with Gasteiger partial charge in [0, 0.05) is 171 Å². The first-order chi connectivity index (χ1) is 65.6. The third kappa shape index (κ3) is 26.5. The van der Waals surface area contributed by atoms with Gasteiger partial charge in [-0.25, -0.2) is 52.4 Å². The summed E-state index contributed by atoms with van der Waals surface area (Å²) in [5, 5.41) is 28.0. The number of carboxylic acid groups (broad SMARTS) is 2. The fourth-order valence-electron chi connectivity index (χ4n) is 16.8. The number of alkyl halides is 3. The van der Waals surface area contributed by atoms with Gasteiger partial charge in [-0.1, -0.05) is 108 Å². The molecule has 738 valence electrons. The fourth-order valence-corrected chi connectivity index (χ4v) is 23.8. The number of anilines is 8. The summed E-state index contributed by atoms with van der Waals surface area (Å²) in [5.41, 5.74) is 5.37. The summed E-state index contributed by atoms with van der Waals surface area (Å²) in [7, 11) is -28.7. The van der Waals surface area contributed by atoms with Crippen molar-refractivity contribution in [1.29, 1.82) is 0 Å². The van der Waals surface area contributed by atoms with Crippen LogP contribution in [0.1, 0.15) is 84.7 Å². The second kappa shape index (κ2) is 44.6. The van der Waals surface area contributed by atoms with Crippen LogP contribution in [0.4, 0.5) is 58.7 Å². The number of nitrogens with zero attached hydrogens (tertiary/aromatic N) is 6. The Morgan fingerprint density at radius 3 is 1.10 bits per heavy atom. The Balaban J connectivity index is 0.000000235. The largest absolute Gasteiger partial charge is 0.501 e. The zero-order chi connectivity index (χ0) is 100. The van der Waals surface area contributed by atoms with Gasteiger partial charge < -0.3 is 69.2 Å². The van der Waals surface area contributed by atoms with Crippen LogP contribution >= 0.6 is 62.4 Å². The number of thioether (sulfide) groups is 2. The lowest BCUT2D eigenvalue weighted by atomic mass is 9.96. The maximum Gasteiger partial charge on any atom is 0.501 e. The summed E-state index contributed by atoms with van der Waals surface area (Å²) in [6.07, 6.45) is 0.892. The summed E-state index contributed by atoms with van der Waals surface area (Å²) in [4.78, 5) is 70.2. The standard InChI is InChI=1S/C48H50ClF3N5O10PS3.C48H53ClN5O10PS3/c1-31(2)57-32(3)44(47(58)59)45(46(57)33-12-14-35(49)15-13-33)34-8-7-9-39(28-34)56-25-23-55(24-26-56)38-18-16-36(17-19-38)54-71(65,66)41-20-21-42(43(29-41)70(63,64)48(50,51)52)53-37(22-27-67-68(60,61)62)30-69-40-10-5-4-6-11-40;1-32(2)54-33(3)45(48(55)56)46(47(54)34-13-15-36(49)16-14-34)35-9-8-10-40(29-35)53-26-24-52(25-27-53)39-19-17-37(18-20-39)51-68(62,63)42-21-22-43(44(30-42)67(4,60)61)50-38(23-28-64-65(57,58)59)31-66-41-11-6-5-7-12-41/h4-21,28-29,31,37,53-54H,22-27,30H2,1-3H3,(H,58,59)(H2,60,61,62);5-22,29-30,32,38,50-51H,23-28,31H2,1-4H3,(H,55,56)(H2,57,58,59)/t37-;38-/m11/s1. The number of hydrogen-bond acceptors (Lipinski definition) is 22. The number of rotatable bonds is 38. The summed E-state index contributed by atoms with van der Waals surface area (Å²) >= 11 is 15.2. The third-order valence-electron chi connectivity index (χ3n) is 23.2. The zero-order valence-electron chi connectivity index (χ0n) is 76.1. The molecule has 10 N–H and O–H groups in total. The van der Waals surface area contributed by atoms with Gasteiger partial charge in [-0.3, -0.25) is 18.5 Å². The van der Waals surface area contributed by atoms with Crippen LogP contribution in [0.2, 0.25) is 10.0 Å². The van der Waals surface area contributed by atoms with Crippen molar-refractivity contribution < 1.29 is 104 Å². The van der Waals surface area contributed by atoms with E-state index < -0.39 is 107 Å². The van der Waals surface area contributed by atoms with Crippen molar-refractivity contribution in [2.24, 2.45) is 0 Å². The van der Waals surface area contributed by atoms with Crippen molar-refractivity contribution in [3.8, 4) is 44.8 Å². The van der Waals surface area contributed by atoms with Crippen molar-refractivity contribution in [1.82, 2.24) is 9.13 Å². The maximum absolute atomic E-state index is 14.1. The average molecular weight is 2100 g/mol. The van der Waals surface area contributed by atoms with Crippen LogP contribution in [0.25, 0.3) is 44.8 Å². The first kappa shape index (κ1) is 106. The van der Waals surface area contributed by atoms with E-state index in [1.165, 1.54) is 47.8 Å². The number of aromatic nitrogens is 2. The molecule has 2 fully saturated rings. The minimum Gasteiger partial charge on any atom is -0.478 e. The molecule has 10 aromatic carbocycles. The molecule has 43 heteroatoms. The quantitative estimate of drug-likeness (QED) is 0.0127. The highest BCUT2D eigenvalue weighted by molar-refractivity contribution is 7.99. The van der Waals surface area contributed by atoms with E-state index in [1.807, 2.05) is 161 Å². The SMILES string of the molecule is Cc1c(C(=O)O)c(-c2cccc(N3CCN(c4ccc(NS(=O)(=O)c5ccc(N[C@H](CCOP(=O)(O)O)CSc6ccccc6)c(S(=O)(=O)C(F)(F)F)c5)cc4)CC3)c2)c(-c2ccc(Cl)cc2)n1C(C)C.Cc1c(C(=O)O)c(-c2cccc(N3CCN(c4ccc(NS(=O)(=O)c5ccc(N[C@H](CCOP(=O)(O)O)CSc6ccccc6)c(S(C)(=O)=O)c5)cc4)CC3)c2)c(-c2ccc(Cl)cc2)n1C(C)C. The van der Waals surface area contributed by atoms with E-state index in [2.05, 4.69) is 53.3 Å². The van der Waals surface area contributed by atoms with Crippen LogP contribution in [0.5, 0.6) is 0 Å². The predicted octanol–water partition coefficient (Wildman–Crippen LogP) is 20.2. The highest BCUT2D eigenvalue weighted by Gasteiger charge is 2.49. The van der Waals surface area contributed by atoms with E-state index in [9.17, 15) is 95.3 Å².